The third kappa shape index (κ3) is 1.44. The number of hydrogen-bond donors (Lipinski definition) is 1. The van der Waals surface area contributed by atoms with E-state index in [2.05, 4.69) is 4.99 Å². The van der Waals surface area contributed by atoms with Crippen LogP contribution in [0, 0.1) is 0 Å². The van der Waals surface area contributed by atoms with Crippen molar-refractivity contribution in [3.05, 3.63) is 35.9 Å². The summed E-state index contributed by atoms with van der Waals surface area (Å²) >= 11 is 6.26. The fraction of sp³-hybridized carbons (Fsp3) is 0.111. The number of benzene rings is 1. The van der Waals surface area contributed by atoms with Crippen molar-refractivity contribution in [2.45, 2.75) is 4.21 Å². The molecule has 3 nitrogen and oxygen atoms in total. The van der Waals surface area contributed by atoms with E-state index >= 15 is 0 Å². The van der Waals surface area contributed by atoms with Crippen molar-refractivity contribution in [2.75, 3.05) is 0 Å². The minimum atomic E-state index is -2.68. The normalized spacial score (nSPS) is 29.9. The summed E-state index contributed by atoms with van der Waals surface area (Å²) in [5.41, 5.74) is 6.04. The molecule has 1 aliphatic heterocycles. The molecule has 0 saturated carbocycles. The largest absolute Gasteiger partial charge is 0.378 e. The third-order valence-electron chi connectivity index (χ3n) is 2.25. The van der Waals surface area contributed by atoms with Crippen molar-refractivity contribution in [1.82, 2.24) is 0 Å². The summed E-state index contributed by atoms with van der Waals surface area (Å²) in [7, 11) is 9.51. The van der Waals surface area contributed by atoms with Gasteiger partial charge in [0.25, 0.3) is 5.91 Å². The van der Waals surface area contributed by atoms with Gasteiger partial charge in [-0.15, -0.1) is 0 Å². The summed E-state index contributed by atoms with van der Waals surface area (Å²) < 4.78 is -1.57. The van der Waals surface area contributed by atoms with Crippen molar-refractivity contribution in [2.24, 2.45) is 10.7 Å². The highest BCUT2D eigenvalue weighted by molar-refractivity contribution is 8.76. The number of amidine groups is 1. The summed E-state index contributed by atoms with van der Waals surface area (Å²) in [6.45, 7) is 0. The molecule has 0 radical (unpaired) electrons. The Bertz CT molecular complexity index is 477. The maximum absolute atomic E-state index is 11.8. The van der Waals surface area contributed by atoms with Gasteiger partial charge in [0.2, 0.25) is 4.21 Å². The molecular weight excluding hydrogens is 291 g/mol. The standard InChI is InChI=1S/C9H7Cl3N2OS/c10-9(6-4-2-1-3-5-6)7(15)14-8(13)16(9,11)12/h1-5H,(H2,13,14,15). The van der Waals surface area contributed by atoms with E-state index in [1.165, 1.54) is 0 Å². The van der Waals surface area contributed by atoms with Gasteiger partial charge in [0.15, 0.2) is 5.17 Å². The van der Waals surface area contributed by atoms with Gasteiger partial charge in [0.05, 0.1) is 0 Å². The maximum atomic E-state index is 11.8. The van der Waals surface area contributed by atoms with E-state index in [1.54, 1.807) is 30.3 Å². The Balaban J connectivity index is 2.60. The number of hydrogen-bond acceptors (Lipinski definition) is 2. The van der Waals surface area contributed by atoms with Crippen molar-refractivity contribution in [3.8, 4) is 0 Å². The van der Waals surface area contributed by atoms with Gasteiger partial charge in [0, 0.05) is 8.46 Å². The van der Waals surface area contributed by atoms with E-state index in [0.29, 0.717) is 5.56 Å². The molecule has 0 fully saturated rings. The summed E-state index contributed by atoms with van der Waals surface area (Å²) in [5, 5.41) is -0.0975. The van der Waals surface area contributed by atoms with Gasteiger partial charge >= 0.3 is 0 Å². The van der Waals surface area contributed by atoms with E-state index in [1.807, 2.05) is 0 Å². The molecule has 1 aromatic carbocycles. The first kappa shape index (κ1) is 12.0. The highest BCUT2D eigenvalue weighted by Gasteiger charge is 2.59. The summed E-state index contributed by atoms with van der Waals surface area (Å²) in [6.07, 6.45) is 0. The van der Waals surface area contributed by atoms with Gasteiger partial charge in [-0.05, 0) is 26.9 Å². The van der Waals surface area contributed by atoms with E-state index in [0.717, 1.165) is 0 Å². The van der Waals surface area contributed by atoms with Gasteiger partial charge in [-0.1, -0.05) is 41.9 Å². The van der Waals surface area contributed by atoms with Crippen LogP contribution >= 0.6 is 41.4 Å². The lowest BCUT2D eigenvalue weighted by molar-refractivity contribution is -0.118. The minimum Gasteiger partial charge on any atom is -0.378 e. The molecule has 1 unspecified atom stereocenters. The average Bonchev–Trinajstić information content (AvgIpc) is 2.42. The first-order valence-corrected chi connectivity index (χ1v) is 7.92. The van der Waals surface area contributed by atoms with Crippen LogP contribution < -0.4 is 5.73 Å². The second-order valence-corrected chi connectivity index (χ2v) is 9.20. The number of rotatable bonds is 1. The van der Waals surface area contributed by atoms with Crippen molar-refractivity contribution in [3.63, 3.8) is 0 Å². The lowest BCUT2D eigenvalue weighted by atomic mass is 10.1. The van der Waals surface area contributed by atoms with Crippen LogP contribution in [0.25, 0.3) is 0 Å². The predicted octanol–water partition coefficient (Wildman–Crippen LogP) is 3.05. The highest BCUT2D eigenvalue weighted by atomic mass is 36.0. The Kier molecular flexibility index (Phi) is 2.87. The molecule has 1 aliphatic rings. The van der Waals surface area contributed by atoms with Crippen LogP contribution in [0.1, 0.15) is 5.56 Å². The number of halogens is 3. The molecule has 1 heterocycles. The molecule has 2 N–H and O–H groups in total. The van der Waals surface area contributed by atoms with Crippen LogP contribution in [0.3, 0.4) is 0 Å². The number of nitrogens with zero attached hydrogens (tertiary/aromatic N) is 1. The molecule has 0 aliphatic carbocycles. The van der Waals surface area contributed by atoms with E-state index in [4.69, 9.17) is 38.7 Å². The fourth-order valence-corrected chi connectivity index (χ4v) is 4.13. The molecule has 0 aromatic heterocycles. The van der Waals surface area contributed by atoms with Crippen LogP contribution in [0.5, 0.6) is 0 Å². The van der Waals surface area contributed by atoms with Crippen LogP contribution in [-0.2, 0) is 9.00 Å². The van der Waals surface area contributed by atoms with E-state index in [-0.39, 0.29) is 5.17 Å². The van der Waals surface area contributed by atoms with Gasteiger partial charge in [-0.3, -0.25) is 4.79 Å². The minimum absolute atomic E-state index is 0.0975. The van der Waals surface area contributed by atoms with Crippen molar-refractivity contribution < 1.29 is 4.79 Å². The Morgan fingerprint density at radius 3 is 2.25 bits per heavy atom. The molecule has 16 heavy (non-hydrogen) atoms. The molecule has 7 heteroatoms. The Morgan fingerprint density at radius 2 is 1.81 bits per heavy atom. The molecule has 0 bridgehead atoms. The molecule has 1 amide bonds. The zero-order valence-corrected chi connectivity index (χ0v) is 10.9. The van der Waals surface area contributed by atoms with Gasteiger partial charge in [-0.25, -0.2) is 0 Å². The first-order valence-electron chi connectivity index (χ1n) is 4.26. The first-order chi connectivity index (χ1) is 7.40. The van der Waals surface area contributed by atoms with Gasteiger partial charge < -0.3 is 5.73 Å². The second kappa shape index (κ2) is 3.81. The van der Waals surface area contributed by atoms with Crippen LogP contribution in [0.2, 0.25) is 0 Å². The van der Waals surface area contributed by atoms with Crippen LogP contribution in [0.4, 0.5) is 0 Å². The molecule has 1 atom stereocenters. The number of amides is 1. The molecular formula is C9H7Cl3N2OS. The monoisotopic (exact) mass is 296 g/mol. The van der Waals surface area contributed by atoms with Crippen molar-refractivity contribution >= 4 is 52.5 Å². The lowest BCUT2D eigenvalue weighted by Gasteiger charge is -2.33. The number of carbonyl (C=O) groups is 1. The van der Waals surface area contributed by atoms with Crippen molar-refractivity contribution in [1.29, 1.82) is 0 Å². The van der Waals surface area contributed by atoms with Gasteiger partial charge in [0.1, 0.15) is 0 Å². The second-order valence-electron chi connectivity index (χ2n) is 3.19. The SMILES string of the molecule is NC1=NC(=O)C(Cl)(c2ccccc2)S1(Cl)Cl. The molecule has 0 saturated heterocycles. The Hall–Kier alpha value is -0.420. The topological polar surface area (TPSA) is 55.4 Å². The summed E-state index contributed by atoms with van der Waals surface area (Å²) in [5.74, 6) is -0.613. The van der Waals surface area contributed by atoms with Gasteiger partial charge in [-0.2, -0.15) is 4.99 Å². The smallest absolute Gasteiger partial charge is 0.285 e. The zero-order valence-electron chi connectivity index (χ0n) is 7.86. The fourth-order valence-electron chi connectivity index (χ4n) is 1.41. The maximum Gasteiger partial charge on any atom is 0.285 e. The Labute approximate surface area is 108 Å². The van der Waals surface area contributed by atoms with Crippen LogP contribution in [0.15, 0.2) is 35.3 Å². The number of aliphatic imine (C=N–C) groups is 1. The molecule has 2 rings (SSSR count). The average molecular weight is 298 g/mol. The molecule has 1 aromatic rings. The number of carbonyl (C=O) groups excluding carboxylic acids is 1. The summed E-state index contributed by atoms with van der Waals surface area (Å²) in [6, 6.07) is 8.62. The number of alkyl halides is 1. The van der Waals surface area contributed by atoms with Crippen LogP contribution in [-0.4, -0.2) is 11.1 Å². The summed E-state index contributed by atoms with van der Waals surface area (Å²) in [4.78, 5) is 15.3. The third-order valence-corrected chi connectivity index (χ3v) is 7.87. The highest BCUT2D eigenvalue weighted by Crippen LogP contribution is 2.76. The van der Waals surface area contributed by atoms with E-state index in [9.17, 15) is 4.79 Å². The quantitative estimate of drug-likeness (QED) is 0.810. The van der Waals surface area contributed by atoms with E-state index < -0.39 is 18.6 Å². The Morgan fingerprint density at radius 1 is 1.25 bits per heavy atom. The molecule has 0 spiro atoms. The number of nitrogens with two attached hydrogens (primary N) is 1. The zero-order chi connectivity index (χ0) is 12.0. The lowest BCUT2D eigenvalue weighted by Crippen LogP contribution is -2.28. The molecule has 86 valence electrons. The predicted molar refractivity (Wildman–Crippen MR) is 69.9 cm³/mol.